The van der Waals surface area contributed by atoms with E-state index in [0.29, 0.717) is 27.3 Å². The lowest BCUT2D eigenvalue weighted by Crippen LogP contribution is -2.48. The van der Waals surface area contributed by atoms with Crippen LogP contribution in [0.5, 0.6) is 11.8 Å². The Morgan fingerprint density at radius 3 is 1.41 bits per heavy atom. The number of aromatic hydroxyl groups is 2. The predicted molar refractivity (Wildman–Crippen MR) is 268 cm³/mol. The molecule has 12 N–H and O–H groups in total. The van der Waals surface area contributed by atoms with Crippen LogP contribution < -0.4 is 41.8 Å². The van der Waals surface area contributed by atoms with Gasteiger partial charge in [0.2, 0.25) is 23.7 Å². The molecule has 0 radical (unpaired) electrons. The number of hydrogen-bond donors (Lipinski definition) is 10. The standard InChI is InChI=1S/C39H36F2N18O18S4/c1-5-56-29(62)23(27(42)60)13(3)25(31(56)64)54-52-17-9-15-7-8-39(50-35-44-33(40)46-37(48-35)58(80(72,73)74)19(15)11-21(17)78(66,67)68)16-10-18(53-55-26-14(4)24(28(43)61)30(63)57(6-2)32(26)65)22(79(69,70)71)12-20(16)59(81(75,76)77)38-47-34(41)45-36(49-38)51-39/h9-12,62-63H,5-8H2,1-4H3,(H2,42,60)(H2,43,61)(H,66,67,68)(H,69,70,71)(H,72,73,74)(H,75,76,77)(H,44,46,48,50)(H,45,47,49,51). The van der Waals surface area contributed by atoms with Crippen molar-refractivity contribution in [2.24, 2.45) is 31.9 Å². The van der Waals surface area contributed by atoms with Crippen LogP contribution in [0.3, 0.4) is 0 Å². The Morgan fingerprint density at radius 2 is 1.02 bits per heavy atom. The van der Waals surface area contributed by atoms with E-state index in [-0.39, 0.29) is 27.8 Å². The average molecular weight is 1210 g/mol. The Bertz CT molecular complexity index is 4450. The number of carbonyl (C=O) groups is 2. The van der Waals surface area contributed by atoms with E-state index in [1.807, 2.05) is 0 Å². The van der Waals surface area contributed by atoms with Crippen LogP contribution in [-0.4, -0.2) is 113 Å². The average Bonchev–Trinajstić information content (AvgIpc) is 3.50. The zero-order valence-corrected chi connectivity index (χ0v) is 44.3. The van der Waals surface area contributed by atoms with Gasteiger partial charge in [0.05, 0.1) is 11.4 Å². The van der Waals surface area contributed by atoms with Gasteiger partial charge in [-0.15, -0.1) is 20.5 Å². The van der Waals surface area contributed by atoms with Crippen molar-refractivity contribution in [3.63, 3.8) is 0 Å². The van der Waals surface area contributed by atoms with Crippen molar-refractivity contribution >= 4 is 111 Å². The second kappa shape index (κ2) is 20.2. The number of benzene rings is 2. The van der Waals surface area contributed by atoms with Crippen molar-refractivity contribution in [2.75, 3.05) is 19.2 Å². The third-order valence-electron chi connectivity index (χ3n) is 12.1. The molecule has 428 valence electrons. The minimum atomic E-state index is -6.00. The number of aromatic nitrogens is 8. The van der Waals surface area contributed by atoms with Gasteiger partial charge in [0.25, 0.3) is 55.1 Å². The monoisotopic (exact) mass is 1210 g/mol. The first kappa shape index (κ1) is 58.0. The number of pyridine rings is 2. The highest BCUT2D eigenvalue weighted by Gasteiger charge is 2.45. The van der Waals surface area contributed by atoms with Crippen LogP contribution in [0.25, 0.3) is 0 Å². The highest BCUT2D eigenvalue weighted by atomic mass is 32.2. The molecule has 6 aromatic rings. The number of hydrogen-bond acceptors (Lipinski definition) is 26. The molecule has 36 nitrogen and oxygen atoms in total. The number of fused-ring (bicyclic) bond motifs is 7. The van der Waals surface area contributed by atoms with E-state index in [4.69, 9.17) is 11.5 Å². The molecule has 2 aliphatic rings. The minimum Gasteiger partial charge on any atom is -0.494 e. The zero-order valence-electron chi connectivity index (χ0n) is 41.0. The smallest absolute Gasteiger partial charge is 0.366 e. The molecule has 0 saturated heterocycles. The van der Waals surface area contributed by atoms with Crippen molar-refractivity contribution in [1.29, 1.82) is 0 Å². The molecule has 0 aliphatic carbocycles. The Morgan fingerprint density at radius 1 is 0.630 bits per heavy atom. The second-order valence-corrected chi connectivity index (χ2v) is 22.2. The maximum absolute atomic E-state index is 15.9. The molecule has 4 bridgehead atoms. The summed E-state index contributed by atoms with van der Waals surface area (Å²) in [6.45, 7) is 4.18. The lowest BCUT2D eigenvalue weighted by Gasteiger charge is -2.41. The van der Waals surface area contributed by atoms with E-state index in [2.05, 4.69) is 61.0 Å². The summed E-state index contributed by atoms with van der Waals surface area (Å²) in [6, 6.07) is 1.71. The lowest BCUT2D eigenvalue weighted by molar-refractivity contribution is 0.0986. The zero-order chi connectivity index (χ0) is 60.0. The van der Waals surface area contributed by atoms with Crippen molar-refractivity contribution < 1.29 is 80.5 Å². The van der Waals surface area contributed by atoms with E-state index in [1.165, 1.54) is 13.8 Å². The third kappa shape index (κ3) is 10.5. The number of anilines is 6. The normalized spacial score (nSPS) is 15.7. The number of aryl methyl sites for hydroxylation is 1. The summed E-state index contributed by atoms with van der Waals surface area (Å²) >= 11 is 0. The van der Waals surface area contributed by atoms with Crippen LogP contribution in [0.2, 0.25) is 0 Å². The van der Waals surface area contributed by atoms with Crippen molar-refractivity contribution in [1.82, 2.24) is 39.0 Å². The SMILES string of the molecule is CCn1c(O)c(C(N)=O)c(C)c(N=Nc2cc3c(cc2S(=O)(=O)O)N(S(=O)(=O)O)c2nc(F)nc(n2)NC2(CC3)Nc3nc(F)nc(n3)N(S(=O)(=O)O)c3cc(S(=O)(=O)O)c(N=Nc4c(C)c(C(N)=O)c(O)n(CC)c4=O)cc32)c1=O. The molecular weight excluding hydrogens is 1170 g/mol. The molecule has 2 amide bonds. The van der Waals surface area contributed by atoms with Gasteiger partial charge in [-0.1, -0.05) is 0 Å². The van der Waals surface area contributed by atoms with Crippen LogP contribution >= 0.6 is 0 Å². The van der Waals surface area contributed by atoms with Crippen LogP contribution in [0.1, 0.15) is 63.2 Å². The fourth-order valence-electron chi connectivity index (χ4n) is 8.63. The largest absolute Gasteiger partial charge is 0.494 e. The fourth-order valence-corrected chi connectivity index (χ4v) is 11.3. The number of nitrogens with one attached hydrogen (secondary N) is 2. The molecule has 2 aliphatic heterocycles. The summed E-state index contributed by atoms with van der Waals surface area (Å²) in [6.07, 6.45) is -5.75. The molecule has 4 aromatic heterocycles. The topological polar surface area (TPSA) is 545 Å². The van der Waals surface area contributed by atoms with Crippen LogP contribution in [0.15, 0.2) is 64.1 Å². The molecule has 2 aromatic carbocycles. The fraction of sp³-hybridized carbons (Fsp3) is 0.231. The molecule has 0 saturated carbocycles. The van der Waals surface area contributed by atoms with Crippen LogP contribution in [0.4, 0.5) is 66.7 Å². The Balaban J connectivity index is 1.50. The number of azo groups is 2. The van der Waals surface area contributed by atoms with Crippen molar-refractivity contribution in [3.8, 4) is 11.8 Å². The van der Waals surface area contributed by atoms with Crippen LogP contribution in [-0.2, 0) is 66.0 Å². The summed E-state index contributed by atoms with van der Waals surface area (Å²) in [5.41, 5.74) is -3.98. The summed E-state index contributed by atoms with van der Waals surface area (Å²) < 4.78 is 182. The summed E-state index contributed by atoms with van der Waals surface area (Å²) in [5.74, 6) is -9.43. The molecule has 1 unspecified atom stereocenters. The number of nitrogens with zero attached hydrogens (tertiary/aromatic N) is 14. The first-order valence-corrected chi connectivity index (χ1v) is 27.8. The molecule has 8 rings (SSSR count). The molecule has 1 spiro atoms. The van der Waals surface area contributed by atoms with Gasteiger partial charge in [0.1, 0.15) is 38.0 Å². The molecule has 6 heterocycles. The van der Waals surface area contributed by atoms with E-state index < -0.39 is 207 Å². The molecule has 0 fully saturated rings. The van der Waals surface area contributed by atoms with E-state index in [1.54, 1.807) is 0 Å². The molecule has 81 heavy (non-hydrogen) atoms. The van der Waals surface area contributed by atoms with Crippen molar-refractivity contribution in [2.45, 2.75) is 69.1 Å². The number of halogens is 2. The quantitative estimate of drug-likeness (QED) is 0.0616. The lowest BCUT2D eigenvalue weighted by atomic mass is 9.89. The van der Waals surface area contributed by atoms with Crippen LogP contribution in [0, 0.1) is 26.0 Å². The number of primary amides is 2. The Labute approximate surface area is 450 Å². The summed E-state index contributed by atoms with van der Waals surface area (Å²) in [5, 5.41) is 41.7. The van der Waals surface area contributed by atoms with Gasteiger partial charge < -0.3 is 32.3 Å². The predicted octanol–water partition coefficient (Wildman–Crippen LogP) is 1.77. The number of rotatable bonds is 12. The van der Waals surface area contributed by atoms with Gasteiger partial charge in [-0.05, 0) is 70.4 Å². The van der Waals surface area contributed by atoms with Gasteiger partial charge in [-0.2, -0.15) is 81.0 Å². The molecular formula is C39H36F2N18O18S4. The van der Waals surface area contributed by atoms with Gasteiger partial charge in [0.15, 0.2) is 11.4 Å². The summed E-state index contributed by atoms with van der Waals surface area (Å²) in [4.78, 5) is 70.5. The molecule has 42 heteroatoms. The maximum atomic E-state index is 15.9. The Kier molecular flexibility index (Phi) is 14.4. The second-order valence-electron chi connectivity index (χ2n) is 16.9. The first-order valence-electron chi connectivity index (χ1n) is 22.1. The van der Waals surface area contributed by atoms with Gasteiger partial charge in [-0.3, -0.25) is 46.5 Å². The minimum absolute atomic E-state index is 0.248. The Hall–Kier alpha value is -9.20. The van der Waals surface area contributed by atoms with E-state index in [9.17, 15) is 81.3 Å². The van der Waals surface area contributed by atoms with Gasteiger partial charge >= 0.3 is 32.8 Å². The number of nitrogens with two attached hydrogens (primary N) is 2. The van der Waals surface area contributed by atoms with E-state index >= 15 is 8.78 Å². The first-order chi connectivity index (χ1) is 37.5. The van der Waals surface area contributed by atoms with E-state index in [0.717, 1.165) is 13.8 Å². The number of carbonyl (C=O) groups excluding carboxylic acids is 2. The molecule has 1 atom stereocenters. The maximum Gasteiger partial charge on any atom is 0.366 e. The third-order valence-corrected chi connectivity index (χ3v) is 15.5. The van der Waals surface area contributed by atoms with Gasteiger partial charge in [-0.25, -0.2) is 0 Å². The number of amides is 2. The van der Waals surface area contributed by atoms with Crippen molar-refractivity contribution in [3.05, 3.63) is 90.5 Å². The summed E-state index contributed by atoms with van der Waals surface area (Å²) in [7, 11) is -23.4. The highest BCUT2D eigenvalue weighted by molar-refractivity contribution is 7.88. The van der Waals surface area contributed by atoms with Gasteiger partial charge in [0, 0.05) is 29.8 Å². The highest BCUT2D eigenvalue weighted by Crippen LogP contribution is 2.48.